The predicted molar refractivity (Wildman–Crippen MR) is 73.6 cm³/mol. The van der Waals surface area contributed by atoms with E-state index in [1.165, 1.54) is 24.8 Å². The fourth-order valence-electron chi connectivity index (χ4n) is 3.82. The average molecular weight is 261 g/mol. The third kappa shape index (κ3) is 2.67. The molecule has 0 saturated heterocycles. The van der Waals surface area contributed by atoms with Gasteiger partial charge in [0.15, 0.2) is 0 Å². The van der Waals surface area contributed by atoms with E-state index in [1.54, 1.807) is 0 Å². The summed E-state index contributed by atoms with van der Waals surface area (Å²) in [6, 6.07) is 0. The van der Waals surface area contributed by atoms with E-state index in [1.807, 2.05) is 13.1 Å². The number of aryl methyl sites for hydroxylation is 2. The summed E-state index contributed by atoms with van der Waals surface area (Å²) in [6.45, 7) is 2.83. The monoisotopic (exact) mass is 261 g/mol. The Morgan fingerprint density at radius 1 is 1.47 bits per heavy atom. The van der Waals surface area contributed by atoms with Crippen molar-refractivity contribution in [2.24, 2.45) is 17.8 Å². The molecule has 0 aromatic carbocycles. The number of hydrogen-bond donors (Lipinski definition) is 2. The highest BCUT2D eigenvalue weighted by molar-refractivity contribution is 5.79. The van der Waals surface area contributed by atoms with Gasteiger partial charge in [-0.3, -0.25) is 9.89 Å². The number of amides is 1. The minimum Gasteiger partial charge on any atom is -0.356 e. The van der Waals surface area contributed by atoms with Crippen LogP contribution in [-0.4, -0.2) is 22.6 Å². The Bertz CT molecular complexity index is 454. The largest absolute Gasteiger partial charge is 0.356 e. The number of carbonyl (C=O) groups excluding carboxylic acids is 1. The number of fused-ring (bicyclic) bond motifs is 2. The van der Waals surface area contributed by atoms with Gasteiger partial charge in [0.05, 0.1) is 6.20 Å². The van der Waals surface area contributed by atoms with Crippen molar-refractivity contribution in [1.29, 1.82) is 0 Å². The summed E-state index contributed by atoms with van der Waals surface area (Å²) >= 11 is 0. The van der Waals surface area contributed by atoms with Crippen molar-refractivity contribution in [3.8, 4) is 0 Å². The summed E-state index contributed by atoms with van der Waals surface area (Å²) in [5.41, 5.74) is 2.40. The zero-order valence-electron chi connectivity index (χ0n) is 11.6. The molecular weight excluding hydrogens is 238 g/mol. The lowest BCUT2D eigenvalue weighted by Gasteiger charge is -2.20. The molecule has 0 spiro atoms. The second-order valence-corrected chi connectivity index (χ2v) is 6.20. The first-order valence-corrected chi connectivity index (χ1v) is 7.50. The quantitative estimate of drug-likeness (QED) is 0.798. The molecular formula is C15H23N3O. The number of hydrogen-bond acceptors (Lipinski definition) is 2. The SMILES string of the molecule is Cc1[nH]ncc1CCCNC(=O)C1CC2CCC1C2. The van der Waals surface area contributed by atoms with Crippen LogP contribution < -0.4 is 5.32 Å². The number of carbonyl (C=O) groups is 1. The highest BCUT2D eigenvalue weighted by atomic mass is 16.1. The van der Waals surface area contributed by atoms with Crippen molar-refractivity contribution in [3.63, 3.8) is 0 Å². The van der Waals surface area contributed by atoms with Crippen LogP contribution in [0.3, 0.4) is 0 Å². The van der Waals surface area contributed by atoms with Crippen LogP contribution in [0.1, 0.15) is 43.4 Å². The molecule has 1 amide bonds. The van der Waals surface area contributed by atoms with Gasteiger partial charge in [-0.2, -0.15) is 5.10 Å². The van der Waals surface area contributed by atoms with Crippen LogP contribution >= 0.6 is 0 Å². The van der Waals surface area contributed by atoms with E-state index in [9.17, 15) is 4.79 Å². The topological polar surface area (TPSA) is 57.8 Å². The number of rotatable bonds is 5. The number of aromatic nitrogens is 2. The molecule has 2 fully saturated rings. The predicted octanol–water partition coefficient (Wildman–Crippen LogP) is 2.20. The number of nitrogens with zero attached hydrogens (tertiary/aromatic N) is 1. The first kappa shape index (κ1) is 12.7. The van der Waals surface area contributed by atoms with Crippen LogP contribution in [0.5, 0.6) is 0 Å². The first-order chi connectivity index (χ1) is 9.24. The maximum atomic E-state index is 12.1. The summed E-state index contributed by atoms with van der Waals surface area (Å²) < 4.78 is 0. The van der Waals surface area contributed by atoms with E-state index in [2.05, 4.69) is 15.5 Å². The third-order valence-corrected chi connectivity index (χ3v) is 4.93. The van der Waals surface area contributed by atoms with Gasteiger partial charge in [-0.15, -0.1) is 0 Å². The Morgan fingerprint density at radius 2 is 2.37 bits per heavy atom. The van der Waals surface area contributed by atoms with Crippen LogP contribution in [-0.2, 0) is 11.2 Å². The molecule has 2 N–H and O–H groups in total. The van der Waals surface area contributed by atoms with Gasteiger partial charge in [-0.25, -0.2) is 0 Å². The lowest BCUT2D eigenvalue weighted by Crippen LogP contribution is -2.34. The van der Waals surface area contributed by atoms with E-state index in [0.717, 1.165) is 37.4 Å². The van der Waals surface area contributed by atoms with Crippen LogP contribution in [0.15, 0.2) is 6.20 Å². The molecule has 2 aliphatic rings. The zero-order chi connectivity index (χ0) is 13.2. The fourth-order valence-corrected chi connectivity index (χ4v) is 3.82. The Labute approximate surface area is 114 Å². The van der Waals surface area contributed by atoms with Crippen molar-refractivity contribution in [2.45, 2.75) is 45.4 Å². The van der Waals surface area contributed by atoms with Crippen molar-refractivity contribution >= 4 is 5.91 Å². The number of nitrogens with one attached hydrogen (secondary N) is 2. The van der Waals surface area contributed by atoms with Gasteiger partial charge in [0, 0.05) is 18.2 Å². The van der Waals surface area contributed by atoms with Gasteiger partial charge >= 0.3 is 0 Å². The Balaban J connectivity index is 1.38. The molecule has 19 heavy (non-hydrogen) atoms. The van der Waals surface area contributed by atoms with E-state index in [4.69, 9.17) is 0 Å². The summed E-state index contributed by atoms with van der Waals surface area (Å²) in [5.74, 6) is 2.14. The Kier molecular flexibility index (Phi) is 3.58. The standard InChI is InChI=1S/C15H23N3O/c1-10-13(9-17-18-10)3-2-6-16-15(19)14-8-11-4-5-12(14)7-11/h9,11-12,14H,2-8H2,1H3,(H,16,19)(H,17,18). The molecule has 4 nitrogen and oxygen atoms in total. The Hall–Kier alpha value is -1.32. The van der Waals surface area contributed by atoms with Crippen LogP contribution in [0.2, 0.25) is 0 Å². The molecule has 4 heteroatoms. The molecule has 3 atom stereocenters. The van der Waals surface area contributed by atoms with Crippen molar-refractivity contribution in [2.75, 3.05) is 6.54 Å². The average Bonchev–Trinajstić information content (AvgIpc) is 3.11. The summed E-state index contributed by atoms with van der Waals surface area (Å²) in [6.07, 6.45) is 8.92. The normalized spacial score (nSPS) is 28.8. The van der Waals surface area contributed by atoms with E-state index in [0.29, 0.717) is 17.7 Å². The fraction of sp³-hybridized carbons (Fsp3) is 0.733. The molecule has 104 valence electrons. The maximum absolute atomic E-state index is 12.1. The molecule has 1 aromatic rings. The van der Waals surface area contributed by atoms with Crippen LogP contribution in [0, 0.1) is 24.7 Å². The molecule has 1 aromatic heterocycles. The van der Waals surface area contributed by atoms with Gasteiger partial charge in [0.1, 0.15) is 0 Å². The van der Waals surface area contributed by atoms with Crippen molar-refractivity contribution in [3.05, 3.63) is 17.5 Å². The first-order valence-electron chi connectivity index (χ1n) is 7.50. The Morgan fingerprint density at radius 3 is 3.00 bits per heavy atom. The molecule has 2 bridgehead atoms. The van der Waals surface area contributed by atoms with Gasteiger partial charge in [-0.05, 0) is 56.4 Å². The molecule has 1 heterocycles. The highest BCUT2D eigenvalue weighted by Gasteiger charge is 2.42. The maximum Gasteiger partial charge on any atom is 0.223 e. The van der Waals surface area contributed by atoms with Crippen LogP contribution in [0.4, 0.5) is 0 Å². The molecule has 0 radical (unpaired) electrons. The summed E-state index contributed by atoms with van der Waals surface area (Å²) in [5, 5.41) is 10.1. The highest BCUT2D eigenvalue weighted by Crippen LogP contribution is 2.48. The molecule has 0 aliphatic heterocycles. The number of aromatic amines is 1. The van der Waals surface area contributed by atoms with Crippen molar-refractivity contribution in [1.82, 2.24) is 15.5 Å². The lowest BCUT2D eigenvalue weighted by atomic mass is 9.88. The van der Waals surface area contributed by atoms with E-state index >= 15 is 0 Å². The van der Waals surface area contributed by atoms with Crippen LogP contribution in [0.25, 0.3) is 0 Å². The summed E-state index contributed by atoms with van der Waals surface area (Å²) in [4.78, 5) is 12.1. The van der Waals surface area contributed by atoms with E-state index in [-0.39, 0.29) is 0 Å². The van der Waals surface area contributed by atoms with Crippen molar-refractivity contribution < 1.29 is 4.79 Å². The lowest BCUT2D eigenvalue weighted by molar-refractivity contribution is -0.126. The molecule has 2 aliphatic carbocycles. The van der Waals surface area contributed by atoms with E-state index < -0.39 is 0 Å². The zero-order valence-corrected chi connectivity index (χ0v) is 11.6. The van der Waals surface area contributed by atoms with Gasteiger partial charge in [0.25, 0.3) is 0 Å². The molecule has 3 rings (SSSR count). The third-order valence-electron chi connectivity index (χ3n) is 4.93. The number of H-pyrrole nitrogens is 1. The minimum absolute atomic E-state index is 0.302. The molecule has 2 saturated carbocycles. The second kappa shape index (κ2) is 5.35. The minimum atomic E-state index is 0.302. The smallest absolute Gasteiger partial charge is 0.223 e. The summed E-state index contributed by atoms with van der Waals surface area (Å²) in [7, 11) is 0. The van der Waals surface area contributed by atoms with Gasteiger partial charge < -0.3 is 5.32 Å². The van der Waals surface area contributed by atoms with Gasteiger partial charge in [-0.1, -0.05) is 6.42 Å². The molecule has 3 unspecified atom stereocenters. The second-order valence-electron chi connectivity index (χ2n) is 6.20. The van der Waals surface area contributed by atoms with Gasteiger partial charge in [0.2, 0.25) is 5.91 Å².